The average molecular weight is 230 g/mol. The molecule has 2 atom stereocenters. The molecular formula is C13H14N2O2. The maximum atomic E-state index is 12.0. The second-order valence-electron chi connectivity index (χ2n) is 4.17. The molecule has 0 aromatic heterocycles. The van der Waals surface area contributed by atoms with E-state index in [0.717, 1.165) is 11.3 Å². The van der Waals surface area contributed by atoms with Crippen LogP contribution in [0, 0.1) is 11.3 Å². The topological polar surface area (TPSA) is 62.1 Å². The summed E-state index contributed by atoms with van der Waals surface area (Å²) in [6.45, 7) is 2.20. The Morgan fingerprint density at radius 3 is 3.18 bits per heavy atom. The summed E-state index contributed by atoms with van der Waals surface area (Å²) in [5.74, 6) is 0.450. The number of ether oxygens (including phenoxy) is 1. The van der Waals surface area contributed by atoms with Gasteiger partial charge >= 0.3 is 0 Å². The Hall–Kier alpha value is -2.02. The summed E-state index contributed by atoms with van der Waals surface area (Å²) < 4.78 is 5.45. The molecule has 1 N–H and O–H groups in total. The molecular weight excluding hydrogens is 216 g/mol. The zero-order valence-electron chi connectivity index (χ0n) is 9.64. The Labute approximate surface area is 100 Å². The summed E-state index contributed by atoms with van der Waals surface area (Å²) in [5.41, 5.74) is 0.925. The molecule has 2 rings (SSSR count). The van der Waals surface area contributed by atoms with Gasteiger partial charge in [0.05, 0.1) is 12.5 Å². The van der Waals surface area contributed by atoms with Crippen molar-refractivity contribution < 1.29 is 9.53 Å². The van der Waals surface area contributed by atoms with E-state index in [1.807, 2.05) is 37.3 Å². The van der Waals surface area contributed by atoms with Gasteiger partial charge in [0.1, 0.15) is 18.3 Å². The van der Waals surface area contributed by atoms with Crippen LogP contribution >= 0.6 is 0 Å². The van der Waals surface area contributed by atoms with E-state index in [4.69, 9.17) is 10.00 Å². The quantitative estimate of drug-likeness (QED) is 0.857. The highest BCUT2D eigenvalue weighted by Gasteiger charge is 2.30. The molecule has 2 unspecified atom stereocenters. The first kappa shape index (κ1) is 11.5. The highest BCUT2D eigenvalue weighted by Crippen LogP contribution is 2.33. The molecule has 4 nitrogen and oxygen atoms in total. The van der Waals surface area contributed by atoms with E-state index in [1.165, 1.54) is 0 Å². The molecule has 4 heteroatoms. The van der Waals surface area contributed by atoms with Crippen molar-refractivity contribution >= 4 is 5.91 Å². The number of benzene rings is 1. The Balaban J connectivity index is 2.06. The predicted molar refractivity (Wildman–Crippen MR) is 62.5 cm³/mol. The first-order valence-electron chi connectivity index (χ1n) is 5.61. The van der Waals surface area contributed by atoms with E-state index in [0.29, 0.717) is 13.0 Å². The Morgan fingerprint density at radius 2 is 2.41 bits per heavy atom. The van der Waals surface area contributed by atoms with Crippen LogP contribution in [-0.2, 0) is 4.79 Å². The lowest BCUT2D eigenvalue weighted by molar-refractivity contribution is -0.123. The molecule has 1 aromatic carbocycles. The Bertz CT molecular complexity index is 465. The largest absolute Gasteiger partial charge is 0.492 e. The number of carbonyl (C=O) groups excluding carboxylic acids is 1. The number of rotatable bonds is 3. The number of nitrogens with zero attached hydrogens (tertiary/aromatic N) is 1. The molecule has 1 amide bonds. The first-order chi connectivity index (χ1) is 8.22. The van der Waals surface area contributed by atoms with Crippen molar-refractivity contribution in [2.75, 3.05) is 6.61 Å². The van der Waals surface area contributed by atoms with E-state index in [1.54, 1.807) is 0 Å². The SMILES string of the molecule is CC(CC#N)NC(=O)C1COc2ccccc21. The van der Waals surface area contributed by atoms with Gasteiger partial charge < -0.3 is 10.1 Å². The van der Waals surface area contributed by atoms with Crippen molar-refractivity contribution in [3.63, 3.8) is 0 Å². The number of nitrogens with one attached hydrogen (secondary N) is 1. The van der Waals surface area contributed by atoms with Gasteiger partial charge in [0.25, 0.3) is 0 Å². The third-order valence-corrected chi connectivity index (χ3v) is 2.80. The zero-order chi connectivity index (χ0) is 12.3. The standard InChI is InChI=1S/C13H14N2O2/c1-9(6-7-14)15-13(16)11-8-17-12-5-3-2-4-10(11)12/h2-5,9,11H,6,8H2,1H3,(H,15,16). The van der Waals surface area contributed by atoms with E-state index >= 15 is 0 Å². The normalized spacial score (nSPS) is 18.7. The summed E-state index contributed by atoms with van der Waals surface area (Å²) in [6.07, 6.45) is 0.320. The monoisotopic (exact) mass is 230 g/mol. The Kier molecular flexibility index (Phi) is 3.29. The number of carbonyl (C=O) groups is 1. The number of para-hydroxylation sites is 1. The number of fused-ring (bicyclic) bond motifs is 1. The third-order valence-electron chi connectivity index (χ3n) is 2.80. The fraction of sp³-hybridized carbons (Fsp3) is 0.385. The van der Waals surface area contributed by atoms with Crippen molar-refractivity contribution in [2.45, 2.75) is 25.3 Å². The second kappa shape index (κ2) is 4.88. The molecule has 0 aliphatic carbocycles. The second-order valence-corrected chi connectivity index (χ2v) is 4.17. The summed E-state index contributed by atoms with van der Waals surface area (Å²) >= 11 is 0. The molecule has 0 bridgehead atoms. The highest BCUT2D eigenvalue weighted by molar-refractivity contribution is 5.85. The van der Waals surface area contributed by atoms with E-state index in [-0.39, 0.29) is 17.9 Å². The maximum Gasteiger partial charge on any atom is 0.231 e. The van der Waals surface area contributed by atoms with Crippen molar-refractivity contribution in [1.29, 1.82) is 5.26 Å². The van der Waals surface area contributed by atoms with Crippen molar-refractivity contribution in [1.82, 2.24) is 5.32 Å². The van der Waals surface area contributed by atoms with E-state index in [9.17, 15) is 4.79 Å². The maximum absolute atomic E-state index is 12.0. The number of nitriles is 1. The Morgan fingerprint density at radius 1 is 1.65 bits per heavy atom. The molecule has 1 aliphatic heterocycles. The van der Waals surface area contributed by atoms with Gasteiger partial charge in [-0.05, 0) is 13.0 Å². The molecule has 0 saturated carbocycles. The van der Waals surface area contributed by atoms with Gasteiger partial charge in [-0.15, -0.1) is 0 Å². The van der Waals surface area contributed by atoms with Gasteiger partial charge in [-0.2, -0.15) is 5.26 Å². The summed E-state index contributed by atoms with van der Waals surface area (Å²) in [6, 6.07) is 9.46. The number of hydrogen-bond donors (Lipinski definition) is 1. The van der Waals surface area contributed by atoms with Crippen LogP contribution in [0.3, 0.4) is 0 Å². The first-order valence-corrected chi connectivity index (χ1v) is 5.61. The molecule has 1 aliphatic rings. The van der Waals surface area contributed by atoms with Gasteiger partial charge in [-0.3, -0.25) is 4.79 Å². The molecule has 0 spiro atoms. The van der Waals surface area contributed by atoms with Gasteiger partial charge in [0, 0.05) is 11.6 Å². The molecule has 88 valence electrons. The minimum absolute atomic E-state index is 0.0716. The van der Waals surface area contributed by atoms with Crippen LogP contribution in [-0.4, -0.2) is 18.6 Å². The number of hydrogen-bond acceptors (Lipinski definition) is 3. The molecule has 1 heterocycles. The van der Waals surface area contributed by atoms with Crippen molar-refractivity contribution in [3.05, 3.63) is 29.8 Å². The molecule has 17 heavy (non-hydrogen) atoms. The zero-order valence-corrected chi connectivity index (χ0v) is 9.64. The van der Waals surface area contributed by atoms with Crippen molar-refractivity contribution in [3.8, 4) is 11.8 Å². The summed E-state index contributed by atoms with van der Waals surface area (Å²) in [5, 5.41) is 11.4. The third kappa shape index (κ3) is 2.39. The van der Waals surface area contributed by atoms with Crippen molar-refractivity contribution in [2.24, 2.45) is 0 Å². The molecule has 0 radical (unpaired) electrons. The van der Waals surface area contributed by atoms with E-state index in [2.05, 4.69) is 5.32 Å². The lowest BCUT2D eigenvalue weighted by Gasteiger charge is -2.14. The molecule has 0 saturated heterocycles. The molecule has 1 aromatic rings. The fourth-order valence-corrected chi connectivity index (χ4v) is 1.91. The van der Waals surface area contributed by atoms with Gasteiger partial charge in [-0.25, -0.2) is 0 Å². The highest BCUT2D eigenvalue weighted by atomic mass is 16.5. The lowest BCUT2D eigenvalue weighted by Crippen LogP contribution is -2.36. The van der Waals surface area contributed by atoms with Crippen LogP contribution in [0.15, 0.2) is 24.3 Å². The summed E-state index contributed by atoms with van der Waals surface area (Å²) in [7, 11) is 0. The number of amides is 1. The fourth-order valence-electron chi connectivity index (χ4n) is 1.91. The van der Waals surface area contributed by atoms with Crippen LogP contribution < -0.4 is 10.1 Å². The van der Waals surface area contributed by atoms with Crippen LogP contribution in [0.2, 0.25) is 0 Å². The van der Waals surface area contributed by atoms with Crippen LogP contribution in [0.5, 0.6) is 5.75 Å². The van der Waals surface area contributed by atoms with Gasteiger partial charge in [0.15, 0.2) is 0 Å². The van der Waals surface area contributed by atoms with Crippen LogP contribution in [0.1, 0.15) is 24.8 Å². The minimum Gasteiger partial charge on any atom is -0.492 e. The predicted octanol–water partition coefficient (Wildman–Crippen LogP) is 1.58. The van der Waals surface area contributed by atoms with Crippen LogP contribution in [0.25, 0.3) is 0 Å². The van der Waals surface area contributed by atoms with Gasteiger partial charge in [0.2, 0.25) is 5.91 Å². The van der Waals surface area contributed by atoms with E-state index < -0.39 is 0 Å². The van der Waals surface area contributed by atoms with Gasteiger partial charge in [-0.1, -0.05) is 18.2 Å². The minimum atomic E-state index is -0.257. The van der Waals surface area contributed by atoms with Crippen LogP contribution in [0.4, 0.5) is 0 Å². The average Bonchev–Trinajstić information content (AvgIpc) is 2.72. The summed E-state index contributed by atoms with van der Waals surface area (Å²) in [4.78, 5) is 12.0. The smallest absolute Gasteiger partial charge is 0.231 e. The lowest BCUT2D eigenvalue weighted by atomic mass is 10.00. The molecule has 0 fully saturated rings.